The molecule has 0 N–H and O–H groups in total. The predicted octanol–water partition coefficient (Wildman–Crippen LogP) is 3.82. The highest BCUT2D eigenvalue weighted by Crippen LogP contribution is 2.29. The van der Waals surface area contributed by atoms with Gasteiger partial charge in [-0.25, -0.2) is 4.98 Å². The van der Waals surface area contributed by atoms with Gasteiger partial charge in [0.05, 0.1) is 11.8 Å². The number of hydrogen-bond donors (Lipinski definition) is 0. The second-order valence-electron chi connectivity index (χ2n) is 6.02. The van der Waals surface area contributed by atoms with E-state index in [2.05, 4.69) is 41.7 Å². The van der Waals surface area contributed by atoms with E-state index in [1.807, 2.05) is 12.3 Å². The van der Waals surface area contributed by atoms with Crippen molar-refractivity contribution < 1.29 is 0 Å². The molecule has 3 nitrogen and oxygen atoms in total. The fraction of sp³-hybridized carbons (Fsp3) is 0.571. The minimum Gasteiger partial charge on any atom is -0.298 e. The van der Waals surface area contributed by atoms with Crippen molar-refractivity contribution in [2.24, 2.45) is 11.3 Å². The number of aryl methyl sites for hydroxylation is 1. The normalized spacial score (nSPS) is 13.9. The van der Waals surface area contributed by atoms with Gasteiger partial charge in [-0.05, 0) is 29.2 Å². The van der Waals surface area contributed by atoms with Gasteiger partial charge in [0.25, 0.3) is 5.56 Å². The molecule has 0 saturated heterocycles. The highest BCUT2D eigenvalue weighted by atomic mass is 79.9. The van der Waals surface area contributed by atoms with Crippen LogP contribution in [0.25, 0.3) is 10.2 Å². The molecule has 0 aliphatic heterocycles. The number of aromatic nitrogens is 2. The van der Waals surface area contributed by atoms with Crippen LogP contribution in [-0.4, -0.2) is 14.9 Å². The second-order valence-corrected chi connectivity index (χ2v) is 7.54. The summed E-state index contributed by atoms with van der Waals surface area (Å²) in [5.41, 5.74) is 2.16. The van der Waals surface area contributed by atoms with E-state index in [4.69, 9.17) is 0 Å². The Kier molecular flexibility index (Phi) is 4.16. The molecule has 1 unspecified atom stereocenters. The molecule has 0 fully saturated rings. The molecule has 0 bridgehead atoms. The number of halogens is 1. The van der Waals surface area contributed by atoms with Crippen LogP contribution in [-0.2, 0) is 6.54 Å². The fourth-order valence-electron chi connectivity index (χ4n) is 1.98. The Balaban J connectivity index is 2.41. The van der Waals surface area contributed by atoms with Gasteiger partial charge in [0.1, 0.15) is 4.70 Å². The number of fused-ring (bicyclic) bond motifs is 1. The van der Waals surface area contributed by atoms with E-state index in [1.54, 1.807) is 10.9 Å². The number of rotatable bonds is 3. The smallest absolute Gasteiger partial charge is 0.271 e. The minimum absolute atomic E-state index is 0.0818. The van der Waals surface area contributed by atoms with E-state index in [-0.39, 0.29) is 11.0 Å². The Bertz CT molecular complexity index is 639. The van der Waals surface area contributed by atoms with E-state index in [1.165, 1.54) is 11.3 Å². The quantitative estimate of drug-likeness (QED) is 0.794. The molecule has 0 amide bonds. The number of nitrogens with zero attached hydrogens (tertiary/aromatic N) is 2. The highest BCUT2D eigenvalue weighted by molar-refractivity contribution is 9.09. The molecule has 0 aliphatic rings. The van der Waals surface area contributed by atoms with Crippen LogP contribution in [0, 0.1) is 18.3 Å². The molecular formula is C14H19BrN2OS. The van der Waals surface area contributed by atoms with E-state index < -0.39 is 0 Å². The molecule has 0 spiro atoms. The van der Waals surface area contributed by atoms with Gasteiger partial charge >= 0.3 is 0 Å². The topological polar surface area (TPSA) is 34.9 Å². The zero-order chi connectivity index (χ0) is 14.2. The maximum absolute atomic E-state index is 12.4. The van der Waals surface area contributed by atoms with Crippen molar-refractivity contribution >= 4 is 37.5 Å². The molecule has 2 heterocycles. The van der Waals surface area contributed by atoms with Gasteiger partial charge < -0.3 is 0 Å². The summed E-state index contributed by atoms with van der Waals surface area (Å²) in [7, 11) is 0. The average Bonchev–Trinajstić information content (AvgIpc) is 2.69. The van der Waals surface area contributed by atoms with Gasteiger partial charge in [0.15, 0.2) is 0 Å². The van der Waals surface area contributed by atoms with E-state index in [0.717, 1.165) is 21.1 Å². The maximum Gasteiger partial charge on any atom is 0.271 e. The summed E-state index contributed by atoms with van der Waals surface area (Å²) in [5.74, 6) is 0.394. The third-order valence-electron chi connectivity index (χ3n) is 3.55. The third-order valence-corrected chi connectivity index (χ3v) is 5.41. The first-order valence-electron chi connectivity index (χ1n) is 6.33. The summed E-state index contributed by atoms with van der Waals surface area (Å²) in [5, 5.41) is 2.87. The molecule has 0 aromatic carbocycles. The number of thiophene rings is 1. The molecular weight excluding hydrogens is 324 g/mol. The summed E-state index contributed by atoms with van der Waals surface area (Å²) in [6.45, 7) is 9.29. The first kappa shape index (κ1) is 14.7. The van der Waals surface area contributed by atoms with Gasteiger partial charge in [-0.15, -0.1) is 11.3 Å². The Labute approximate surface area is 125 Å². The standard InChI is InChI=1S/C14H19BrN2OS/c1-9-7-19-12-11(9)16-8-17(13(12)18)6-10(5-15)14(2,3)4/h7-8,10H,5-6H2,1-4H3. The summed E-state index contributed by atoms with van der Waals surface area (Å²) >= 11 is 5.04. The van der Waals surface area contributed by atoms with Crippen LogP contribution in [0.1, 0.15) is 26.3 Å². The van der Waals surface area contributed by atoms with Crippen molar-refractivity contribution in [1.29, 1.82) is 0 Å². The molecule has 19 heavy (non-hydrogen) atoms. The first-order chi connectivity index (χ1) is 8.84. The molecule has 0 radical (unpaired) electrons. The third kappa shape index (κ3) is 2.92. The zero-order valence-corrected chi connectivity index (χ0v) is 14.1. The van der Waals surface area contributed by atoms with Crippen LogP contribution >= 0.6 is 27.3 Å². The van der Waals surface area contributed by atoms with Gasteiger partial charge in [-0.2, -0.15) is 0 Å². The van der Waals surface area contributed by atoms with Crippen molar-refractivity contribution in [3.8, 4) is 0 Å². The molecule has 104 valence electrons. The average molecular weight is 343 g/mol. The SMILES string of the molecule is Cc1csc2c(=O)n(CC(CBr)C(C)(C)C)cnc12. The van der Waals surface area contributed by atoms with Gasteiger partial charge in [-0.3, -0.25) is 9.36 Å². The van der Waals surface area contributed by atoms with Crippen molar-refractivity contribution in [1.82, 2.24) is 9.55 Å². The van der Waals surface area contributed by atoms with Gasteiger partial charge in [0, 0.05) is 11.9 Å². The van der Waals surface area contributed by atoms with Crippen molar-refractivity contribution in [3.05, 3.63) is 27.6 Å². The summed E-state index contributed by atoms with van der Waals surface area (Å²) in [6.07, 6.45) is 1.69. The van der Waals surface area contributed by atoms with Crippen LogP contribution in [0.5, 0.6) is 0 Å². The lowest BCUT2D eigenvalue weighted by atomic mass is 9.82. The summed E-state index contributed by atoms with van der Waals surface area (Å²) < 4.78 is 2.51. The molecule has 2 aromatic rings. The van der Waals surface area contributed by atoms with E-state index in [9.17, 15) is 4.79 Å². The molecule has 5 heteroatoms. The van der Waals surface area contributed by atoms with Crippen molar-refractivity contribution in [3.63, 3.8) is 0 Å². The molecule has 2 rings (SSSR count). The van der Waals surface area contributed by atoms with E-state index >= 15 is 0 Å². The maximum atomic E-state index is 12.4. The van der Waals surface area contributed by atoms with Crippen molar-refractivity contribution in [2.75, 3.05) is 5.33 Å². The highest BCUT2D eigenvalue weighted by Gasteiger charge is 2.24. The Morgan fingerprint density at radius 3 is 2.74 bits per heavy atom. The Hall–Kier alpha value is -0.680. The molecule has 0 saturated carbocycles. The van der Waals surface area contributed by atoms with Gasteiger partial charge in [0.2, 0.25) is 0 Å². The van der Waals surface area contributed by atoms with E-state index in [0.29, 0.717) is 12.5 Å². The lowest BCUT2D eigenvalue weighted by Crippen LogP contribution is -2.31. The number of hydrogen-bond acceptors (Lipinski definition) is 3. The number of alkyl halides is 1. The monoisotopic (exact) mass is 342 g/mol. The minimum atomic E-state index is 0.0818. The second kappa shape index (κ2) is 5.37. The Morgan fingerprint density at radius 2 is 2.16 bits per heavy atom. The van der Waals surface area contributed by atoms with Crippen molar-refractivity contribution in [2.45, 2.75) is 34.2 Å². The molecule has 2 aromatic heterocycles. The largest absolute Gasteiger partial charge is 0.298 e. The molecule has 1 atom stereocenters. The molecule has 0 aliphatic carbocycles. The fourth-order valence-corrected chi connectivity index (χ4v) is 4.11. The van der Waals surface area contributed by atoms with Crippen LogP contribution in [0.3, 0.4) is 0 Å². The van der Waals surface area contributed by atoms with Crippen LogP contribution in [0.2, 0.25) is 0 Å². The van der Waals surface area contributed by atoms with Crippen LogP contribution in [0.15, 0.2) is 16.5 Å². The Morgan fingerprint density at radius 1 is 1.47 bits per heavy atom. The predicted molar refractivity (Wildman–Crippen MR) is 85.4 cm³/mol. The first-order valence-corrected chi connectivity index (χ1v) is 8.34. The lowest BCUT2D eigenvalue weighted by molar-refractivity contribution is 0.237. The lowest BCUT2D eigenvalue weighted by Gasteiger charge is -2.29. The summed E-state index contributed by atoms with van der Waals surface area (Å²) in [6, 6.07) is 0. The van der Waals surface area contributed by atoms with Gasteiger partial charge in [-0.1, -0.05) is 36.7 Å². The zero-order valence-electron chi connectivity index (χ0n) is 11.7. The van der Waals surface area contributed by atoms with Crippen LogP contribution < -0.4 is 5.56 Å². The van der Waals surface area contributed by atoms with Crippen LogP contribution in [0.4, 0.5) is 0 Å². The summed E-state index contributed by atoms with van der Waals surface area (Å²) in [4.78, 5) is 16.9.